The molecule has 0 saturated carbocycles. The van der Waals surface area contributed by atoms with E-state index in [1.807, 2.05) is 57.5 Å². The fourth-order valence-electron chi connectivity index (χ4n) is 3.84. The van der Waals surface area contributed by atoms with Gasteiger partial charge in [0, 0.05) is 6.61 Å². The summed E-state index contributed by atoms with van der Waals surface area (Å²) in [5.74, 6) is 0. The van der Waals surface area contributed by atoms with E-state index in [1.165, 1.54) is 0 Å². The molecule has 0 aliphatic carbocycles. The lowest BCUT2D eigenvalue weighted by atomic mass is 10.0. The van der Waals surface area contributed by atoms with Crippen molar-refractivity contribution >= 4 is 17.4 Å². The topological polar surface area (TPSA) is 97.4 Å². The maximum absolute atomic E-state index is 12.5. The summed E-state index contributed by atoms with van der Waals surface area (Å²) in [5, 5.41) is 2.93. The predicted octanol–water partition coefficient (Wildman–Crippen LogP) is 5.28. The van der Waals surface area contributed by atoms with Gasteiger partial charge in [0.15, 0.2) is 6.29 Å². The molecule has 2 heterocycles. The zero-order valence-electron chi connectivity index (χ0n) is 23.0. The molecule has 1 aromatic heterocycles. The molecule has 1 saturated heterocycles. The van der Waals surface area contributed by atoms with Crippen molar-refractivity contribution in [3.63, 3.8) is 0 Å². The second kappa shape index (κ2) is 16.1. The van der Waals surface area contributed by atoms with Gasteiger partial charge in [-0.1, -0.05) is 24.3 Å². The van der Waals surface area contributed by atoms with Crippen LogP contribution in [0.25, 0.3) is 10.4 Å². The van der Waals surface area contributed by atoms with Crippen LogP contribution in [-0.2, 0) is 28.4 Å². The van der Waals surface area contributed by atoms with Crippen LogP contribution in [0.4, 0.5) is 4.79 Å². The van der Waals surface area contributed by atoms with Crippen molar-refractivity contribution in [3.8, 4) is 10.4 Å². The molecule has 1 unspecified atom stereocenters. The third-order valence-corrected chi connectivity index (χ3v) is 6.69. The summed E-state index contributed by atoms with van der Waals surface area (Å²) in [6.45, 7) is 11.4. The summed E-state index contributed by atoms with van der Waals surface area (Å²) >= 11 is 1.61. The zero-order chi connectivity index (χ0) is 27.2. The van der Waals surface area contributed by atoms with E-state index < -0.39 is 11.7 Å². The van der Waals surface area contributed by atoms with Crippen molar-refractivity contribution in [2.24, 2.45) is 0 Å². The van der Waals surface area contributed by atoms with Gasteiger partial charge in [-0.05, 0) is 58.1 Å². The number of carbonyl (C=O) groups is 1. The van der Waals surface area contributed by atoms with Crippen LogP contribution in [0, 0.1) is 6.92 Å². The van der Waals surface area contributed by atoms with E-state index in [0.29, 0.717) is 46.2 Å². The summed E-state index contributed by atoms with van der Waals surface area (Å²) in [6.07, 6.45) is 2.64. The summed E-state index contributed by atoms with van der Waals surface area (Å²) < 4.78 is 33.6. The van der Waals surface area contributed by atoms with Gasteiger partial charge in [0.25, 0.3) is 0 Å². The van der Waals surface area contributed by atoms with E-state index in [1.54, 1.807) is 11.3 Å². The highest BCUT2D eigenvalue weighted by molar-refractivity contribution is 7.13. The Labute approximate surface area is 230 Å². The van der Waals surface area contributed by atoms with Crippen LogP contribution in [0.15, 0.2) is 29.8 Å². The molecule has 9 nitrogen and oxygen atoms in total. The maximum Gasteiger partial charge on any atom is 0.408 e. The van der Waals surface area contributed by atoms with E-state index in [0.717, 1.165) is 47.6 Å². The molecule has 1 N–H and O–H groups in total. The van der Waals surface area contributed by atoms with Crippen molar-refractivity contribution < 1.29 is 33.2 Å². The van der Waals surface area contributed by atoms with Gasteiger partial charge in [0.1, 0.15) is 5.60 Å². The molecule has 1 aliphatic heterocycles. The molecule has 1 aromatic carbocycles. The first-order valence-electron chi connectivity index (χ1n) is 13.3. The highest BCUT2D eigenvalue weighted by Gasteiger charge is 2.21. The highest BCUT2D eigenvalue weighted by atomic mass is 32.1. The van der Waals surface area contributed by atoms with E-state index >= 15 is 0 Å². The number of nitrogens with one attached hydrogen (secondary N) is 1. The van der Waals surface area contributed by atoms with Crippen LogP contribution in [0.2, 0.25) is 0 Å². The standard InChI is InChI=1S/C28H42N2O7S/c1-21-26(38-20-29-21)23-10-8-22(9-11-23)24(30-27(31)37-28(2,3)4)19-34-16-15-32-13-14-33-17-18-36-25-7-5-6-12-35-25/h8-11,20,24-25H,5-7,12-19H2,1-4H3,(H,30,31)/t24-,25?/m0/s1. The Morgan fingerprint density at radius 2 is 1.74 bits per heavy atom. The Hall–Kier alpha value is -2.08. The summed E-state index contributed by atoms with van der Waals surface area (Å²) in [5.41, 5.74) is 4.28. The molecular weight excluding hydrogens is 508 g/mol. The lowest BCUT2D eigenvalue weighted by Gasteiger charge is -2.24. The molecule has 1 aliphatic rings. The van der Waals surface area contributed by atoms with Crippen molar-refractivity contribution in [2.45, 2.75) is 64.9 Å². The van der Waals surface area contributed by atoms with Crippen molar-refractivity contribution in [3.05, 3.63) is 41.0 Å². The SMILES string of the molecule is Cc1ncsc1-c1ccc([C@H](COCCOCCOCCOC2CCCCO2)NC(=O)OC(C)(C)C)cc1. The van der Waals surface area contributed by atoms with Gasteiger partial charge in [0.05, 0.1) is 68.4 Å². The molecule has 2 atom stereocenters. The number of rotatable bonds is 15. The average Bonchev–Trinajstić information content (AvgIpc) is 3.32. The van der Waals surface area contributed by atoms with Gasteiger partial charge >= 0.3 is 6.09 Å². The third kappa shape index (κ3) is 11.3. The van der Waals surface area contributed by atoms with Crippen LogP contribution in [-0.4, -0.2) is 75.8 Å². The Bertz CT molecular complexity index is 939. The molecule has 2 aromatic rings. The number of hydrogen-bond donors (Lipinski definition) is 1. The fraction of sp³-hybridized carbons (Fsp3) is 0.643. The number of thiazole rings is 1. The largest absolute Gasteiger partial charge is 0.444 e. The van der Waals surface area contributed by atoms with Crippen LogP contribution in [0.3, 0.4) is 0 Å². The van der Waals surface area contributed by atoms with E-state index in [-0.39, 0.29) is 12.3 Å². The number of nitrogens with zero attached hydrogens (tertiary/aromatic N) is 1. The summed E-state index contributed by atoms with van der Waals surface area (Å²) in [4.78, 5) is 17.9. The zero-order valence-corrected chi connectivity index (χ0v) is 23.8. The molecule has 0 radical (unpaired) electrons. The van der Waals surface area contributed by atoms with E-state index in [4.69, 9.17) is 28.4 Å². The summed E-state index contributed by atoms with van der Waals surface area (Å²) in [6, 6.07) is 7.71. The molecule has 0 bridgehead atoms. The number of aromatic nitrogens is 1. The maximum atomic E-state index is 12.5. The fourth-order valence-corrected chi connectivity index (χ4v) is 4.65. The first-order valence-corrected chi connectivity index (χ1v) is 14.2. The van der Waals surface area contributed by atoms with Crippen LogP contribution >= 0.6 is 11.3 Å². The lowest BCUT2D eigenvalue weighted by Crippen LogP contribution is -2.36. The number of ether oxygens (including phenoxy) is 6. The second-order valence-corrected chi connectivity index (χ2v) is 10.9. The highest BCUT2D eigenvalue weighted by Crippen LogP contribution is 2.28. The Balaban J connectivity index is 1.36. The normalized spacial score (nSPS) is 16.8. The Morgan fingerprint density at radius 3 is 2.34 bits per heavy atom. The average molecular weight is 551 g/mol. The van der Waals surface area contributed by atoms with Crippen LogP contribution < -0.4 is 5.32 Å². The first-order chi connectivity index (χ1) is 18.3. The molecule has 1 fully saturated rings. The molecule has 38 heavy (non-hydrogen) atoms. The number of aryl methyl sites for hydroxylation is 1. The van der Waals surface area contributed by atoms with E-state index in [9.17, 15) is 4.79 Å². The molecular formula is C28H42N2O7S. The predicted molar refractivity (Wildman–Crippen MR) is 146 cm³/mol. The van der Waals surface area contributed by atoms with Crippen molar-refractivity contribution in [2.75, 3.05) is 52.9 Å². The third-order valence-electron chi connectivity index (χ3n) is 5.71. The molecule has 3 rings (SSSR count). The second-order valence-electron chi connectivity index (χ2n) is 10.1. The number of hydrogen-bond acceptors (Lipinski definition) is 9. The van der Waals surface area contributed by atoms with Crippen molar-refractivity contribution in [1.29, 1.82) is 0 Å². The van der Waals surface area contributed by atoms with Gasteiger partial charge in [-0.25, -0.2) is 9.78 Å². The number of alkyl carbamates (subject to hydrolysis) is 1. The van der Waals surface area contributed by atoms with Crippen molar-refractivity contribution in [1.82, 2.24) is 10.3 Å². The Kier molecular flexibility index (Phi) is 12.9. The monoisotopic (exact) mass is 550 g/mol. The van der Waals surface area contributed by atoms with Gasteiger partial charge in [-0.15, -0.1) is 11.3 Å². The number of benzene rings is 1. The van der Waals surface area contributed by atoms with Gasteiger partial charge in [-0.2, -0.15) is 0 Å². The minimum Gasteiger partial charge on any atom is -0.444 e. The molecule has 0 spiro atoms. The van der Waals surface area contributed by atoms with Crippen LogP contribution in [0.5, 0.6) is 0 Å². The lowest BCUT2D eigenvalue weighted by molar-refractivity contribution is -0.169. The Morgan fingerprint density at radius 1 is 1.05 bits per heavy atom. The number of amides is 1. The van der Waals surface area contributed by atoms with Crippen LogP contribution in [0.1, 0.15) is 57.3 Å². The van der Waals surface area contributed by atoms with E-state index in [2.05, 4.69) is 10.3 Å². The molecule has 212 valence electrons. The molecule has 1 amide bonds. The summed E-state index contributed by atoms with van der Waals surface area (Å²) in [7, 11) is 0. The minimum absolute atomic E-state index is 0.0881. The van der Waals surface area contributed by atoms with Gasteiger partial charge < -0.3 is 33.7 Å². The minimum atomic E-state index is -0.589. The quantitative estimate of drug-likeness (QED) is 0.299. The first kappa shape index (κ1) is 30.5. The molecule has 10 heteroatoms. The smallest absolute Gasteiger partial charge is 0.408 e. The number of carbonyl (C=O) groups excluding carboxylic acids is 1. The van der Waals surface area contributed by atoms with Gasteiger partial charge in [-0.3, -0.25) is 0 Å². The van der Waals surface area contributed by atoms with Gasteiger partial charge in [0.2, 0.25) is 0 Å².